The Morgan fingerprint density at radius 1 is 0.472 bits per heavy atom. The molecule has 36 heavy (non-hydrogen) atoms. The SMILES string of the molecule is Cc1cccc2c(-c3ccccc3)c3c(nc12)-c1nc2c(C)cccc2c(-c2ccccc2)c1CC3. The molecule has 0 aliphatic heterocycles. The molecule has 0 atom stereocenters. The van der Waals surface area contributed by atoms with Gasteiger partial charge in [-0.25, -0.2) is 9.97 Å². The largest absolute Gasteiger partial charge is 0.246 e. The van der Waals surface area contributed by atoms with Crippen LogP contribution in [-0.2, 0) is 12.8 Å². The smallest absolute Gasteiger partial charge is 0.0935 e. The molecule has 2 heteroatoms. The topological polar surface area (TPSA) is 25.8 Å². The zero-order valence-corrected chi connectivity index (χ0v) is 20.5. The Balaban J connectivity index is 1.64. The van der Waals surface area contributed by atoms with E-state index in [4.69, 9.17) is 9.97 Å². The quantitative estimate of drug-likeness (QED) is 0.258. The maximum absolute atomic E-state index is 5.35. The summed E-state index contributed by atoms with van der Waals surface area (Å²) in [5.41, 5.74) is 14.3. The lowest BCUT2D eigenvalue weighted by Gasteiger charge is -2.26. The van der Waals surface area contributed by atoms with Crippen molar-refractivity contribution in [2.24, 2.45) is 0 Å². The molecule has 1 aliphatic carbocycles. The fourth-order valence-corrected chi connectivity index (χ4v) is 5.94. The molecule has 2 heterocycles. The molecule has 0 unspecified atom stereocenters. The number of para-hydroxylation sites is 2. The highest BCUT2D eigenvalue weighted by Crippen LogP contribution is 2.45. The number of rotatable bonds is 2. The first-order valence-corrected chi connectivity index (χ1v) is 12.7. The molecule has 1 aliphatic rings. The molecule has 172 valence electrons. The molecule has 2 nitrogen and oxygen atoms in total. The third kappa shape index (κ3) is 3.11. The summed E-state index contributed by atoms with van der Waals surface area (Å²) >= 11 is 0. The summed E-state index contributed by atoms with van der Waals surface area (Å²) in [5, 5.41) is 2.45. The van der Waals surface area contributed by atoms with E-state index in [2.05, 4.69) is 111 Å². The van der Waals surface area contributed by atoms with Gasteiger partial charge < -0.3 is 0 Å². The van der Waals surface area contributed by atoms with Crippen molar-refractivity contribution in [2.75, 3.05) is 0 Å². The third-order valence-electron chi connectivity index (χ3n) is 7.61. The molecule has 4 aromatic carbocycles. The predicted molar refractivity (Wildman–Crippen MR) is 150 cm³/mol. The maximum Gasteiger partial charge on any atom is 0.0935 e. The summed E-state index contributed by atoms with van der Waals surface area (Å²) < 4.78 is 0. The summed E-state index contributed by atoms with van der Waals surface area (Å²) in [6.07, 6.45) is 1.89. The van der Waals surface area contributed by atoms with E-state index < -0.39 is 0 Å². The van der Waals surface area contributed by atoms with Crippen LogP contribution in [0.3, 0.4) is 0 Å². The third-order valence-corrected chi connectivity index (χ3v) is 7.61. The second-order valence-corrected chi connectivity index (χ2v) is 9.80. The Morgan fingerprint density at radius 3 is 1.31 bits per heavy atom. The highest BCUT2D eigenvalue weighted by atomic mass is 14.8. The monoisotopic (exact) mass is 462 g/mol. The summed E-state index contributed by atoms with van der Waals surface area (Å²) in [4.78, 5) is 10.7. The Hall–Kier alpha value is -4.30. The summed E-state index contributed by atoms with van der Waals surface area (Å²) in [6.45, 7) is 4.32. The molecule has 0 spiro atoms. The number of aromatic nitrogens is 2. The van der Waals surface area contributed by atoms with Gasteiger partial charge in [-0.1, -0.05) is 97.1 Å². The number of nitrogens with zero attached hydrogens (tertiary/aromatic N) is 2. The molecular formula is C34H26N2. The minimum Gasteiger partial charge on any atom is -0.246 e. The first kappa shape index (κ1) is 21.0. The first-order chi connectivity index (χ1) is 17.7. The normalized spacial score (nSPS) is 12.5. The lowest BCUT2D eigenvalue weighted by Crippen LogP contribution is -2.12. The van der Waals surface area contributed by atoms with Crippen LogP contribution in [0.25, 0.3) is 55.4 Å². The fourth-order valence-electron chi connectivity index (χ4n) is 5.94. The molecule has 0 bridgehead atoms. The standard InChI is InChI=1S/C34H26N2/c1-21-11-9-17-25-29(23-13-5-3-6-14-23)27-19-20-28-30(24-15-7-4-8-16-24)26-18-10-12-22(2)32(26)36-34(28)33(27)35-31(21)25/h3-18H,19-20H2,1-2H3. The van der Waals surface area contributed by atoms with Crippen LogP contribution in [0.1, 0.15) is 22.3 Å². The van der Waals surface area contributed by atoms with Crippen molar-refractivity contribution in [3.63, 3.8) is 0 Å². The van der Waals surface area contributed by atoms with Gasteiger partial charge in [0.2, 0.25) is 0 Å². The van der Waals surface area contributed by atoms with Crippen LogP contribution in [-0.4, -0.2) is 9.97 Å². The van der Waals surface area contributed by atoms with Gasteiger partial charge in [0.25, 0.3) is 0 Å². The van der Waals surface area contributed by atoms with Crippen LogP contribution in [0.2, 0.25) is 0 Å². The predicted octanol–water partition coefficient (Wildman–Crippen LogP) is 8.50. The number of hydrogen-bond donors (Lipinski definition) is 0. The average Bonchev–Trinajstić information content (AvgIpc) is 2.92. The van der Waals surface area contributed by atoms with Gasteiger partial charge >= 0.3 is 0 Å². The van der Waals surface area contributed by atoms with Crippen molar-refractivity contribution in [3.05, 3.63) is 119 Å². The molecule has 0 fully saturated rings. The molecule has 0 amide bonds. The van der Waals surface area contributed by atoms with E-state index in [1.165, 1.54) is 55.3 Å². The van der Waals surface area contributed by atoms with Crippen molar-refractivity contribution in [1.29, 1.82) is 0 Å². The molecular weight excluding hydrogens is 436 g/mol. The highest BCUT2D eigenvalue weighted by molar-refractivity contribution is 6.04. The zero-order valence-electron chi connectivity index (χ0n) is 20.5. The van der Waals surface area contributed by atoms with Crippen LogP contribution < -0.4 is 0 Å². The van der Waals surface area contributed by atoms with Gasteiger partial charge in [-0.05, 0) is 71.2 Å². The first-order valence-electron chi connectivity index (χ1n) is 12.7. The van der Waals surface area contributed by atoms with E-state index in [-0.39, 0.29) is 0 Å². The van der Waals surface area contributed by atoms with Crippen LogP contribution in [0.15, 0.2) is 97.1 Å². The van der Waals surface area contributed by atoms with Gasteiger partial charge in [0.1, 0.15) is 0 Å². The van der Waals surface area contributed by atoms with Crippen LogP contribution >= 0.6 is 0 Å². The number of benzene rings is 4. The molecule has 0 N–H and O–H groups in total. The molecule has 7 rings (SSSR count). The van der Waals surface area contributed by atoms with Gasteiger partial charge in [-0.2, -0.15) is 0 Å². The van der Waals surface area contributed by atoms with Crippen molar-refractivity contribution in [2.45, 2.75) is 26.7 Å². The van der Waals surface area contributed by atoms with Crippen molar-refractivity contribution < 1.29 is 0 Å². The number of pyridine rings is 2. The fraction of sp³-hybridized carbons (Fsp3) is 0.118. The van der Waals surface area contributed by atoms with Gasteiger partial charge in [0, 0.05) is 10.8 Å². The highest BCUT2D eigenvalue weighted by Gasteiger charge is 2.28. The Bertz CT molecular complexity index is 1650. The van der Waals surface area contributed by atoms with Gasteiger partial charge in [0.15, 0.2) is 0 Å². The maximum atomic E-state index is 5.35. The van der Waals surface area contributed by atoms with Gasteiger partial charge in [-0.15, -0.1) is 0 Å². The molecule has 0 saturated carbocycles. The Morgan fingerprint density at radius 2 is 0.889 bits per heavy atom. The van der Waals surface area contributed by atoms with E-state index in [0.717, 1.165) is 35.3 Å². The van der Waals surface area contributed by atoms with Crippen molar-refractivity contribution >= 4 is 21.8 Å². The van der Waals surface area contributed by atoms with Gasteiger partial charge in [-0.3, -0.25) is 0 Å². The number of hydrogen-bond acceptors (Lipinski definition) is 2. The van der Waals surface area contributed by atoms with Crippen molar-refractivity contribution in [3.8, 4) is 33.6 Å². The second-order valence-electron chi connectivity index (χ2n) is 9.80. The zero-order chi connectivity index (χ0) is 24.2. The Kier molecular flexibility index (Phi) is 4.75. The summed E-state index contributed by atoms with van der Waals surface area (Å²) in [5.74, 6) is 0. The van der Waals surface area contributed by atoms with Crippen LogP contribution in [0, 0.1) is 13.8 Å². The molecule has 2 aromatic heterocycles. The Labute approximate surface area is 211 Å². The van der Waals surface area contributed by atoms with Crippen LogP contribution in [0.5, 0.6) is 0 Å². The van der Waals surface area contributed by atoms with E-state index in [1.54, 1.807) is 0 Å². The average molecular weight is 463 g/mol. The minimum atomic E-state index is 0.947. The minimum absolute atomic E-state index is 0.947. The lowest BCUT2D eigenvalue weighted by molar-refractivity contribution is 0.926. The summed E-state index contributed by atoms with van der Waals surface area (Å²) in [7, 11) is 0. The lowest BCUT2D eigenvalue weighted by atomic mass is 9.81. The van der Waals surface area contributed by atoms with E-state index in [0.29, 0.717) is 0 Å². The van der Waals surface area contributed by atoms with Crippen LogP contribution in [0.4, 0.5) is 0 Å². The van der Waals surface area contributed by atoms with Gasteiger partial charge in [0.05, 0.1) is 22.4 Å². The molecule has 0 saturated heterocycles. The van der Waals surface area contributed by atoms with E-state index in [1.807, 2.05) is 0 Å². The number of fused-ring (bicyclic) bond motifs is 5. The second kappa shape index (κ2) is 8.13. The van der Waals surface area contributed by atoms with Crippen molar-refractivity contribution in [1.82, 2.24) is 9.97 Å². The summed E-state index contributed by atoms with van der Waals surface area (Å²) in [6, 6.07) is 34.6. The molecule has 6 aromatic rings. The van der Waals surface area contributed by atoms with E-state index in [9.17, 15) is 0 Å². The number of aryl methyl sites for hydroxylation is 2. The molecule has 0 radical (unpaired) electrons. The van der Waals surface area contributed by atoms with E-state index >= 15 is 0 Å².